The van der Waals surface area contributed by atoms with Crippen molar-refractivity contribution in [1.82, 2.24) is 4.98 Å². The molecule has 0 fully saturated rings. The van der Waals surface area contributed by atoms with E-state index in [1.807, 2.05) is 18.2 Å². The number of rotatable bonds is 5. The van der Waals surface area contributed by atoms with Crippen LogP contribution in [-0.2, 0) is 16.0 Å². The number of aromatic amines is 1. The number of Topliss-reactive ketones (excluding diaryl/α,β-unsaturated/α-hetero) is 1. The number of ketones is 1. The zero-order valence-corrected chi connectivity index (χ0v) is 11.2. The monoisotopic (exact) mass is 309 g/mol. The average molecular weight is 310 g/mol. The maximum absolute atomic E-state index is 11.7. The number of halogens is 1. The molecule has 0 aliphatic carbocycles. The predicted octanol–water partition coefficient (Wildman–Crippen LogP) is 2.91. The van der Waals surface area contributed by atoms with E-state index in [0.717, 1.165) is 20.9 Å². The maximum Gasteiger partial charge on any atom is 0.303 e. The molecule has 1 aromatic heterocycles. The second kappa shape index (κ2) is 5.35. The van der Waals surface area contributed by atoms with E-state index in [2.05, 4.69) is 20.9 Å². The summed E-state index contributed by atoms with van der Waals surface area (Å²) in [6.07, 6.45) is 2.04. The zero-order valence-electron chi connectivity index (χ0n) is 9.57. The summed E-state index contributed by atoms with van der Waals surface area (Å²) in [6.45, 7) is 0. The highest BCUT2D eigenvalue weighted by Crippen LogP contribution is 2.23. The van der Waals surface area contributed by atoms with Gasteiger partial charge in [-0.1, -0.05) is 15.9 Å². The van der Waals surface area contributed by atoms with Crippen molar-refractivity contribution in [2.75, 3.05) is 0 Å². The maximum atomic E-state index is 11.7. The van der Waals surface area contributed by atoms with E-state index in [-0.39, 0.29) is 25.0 Å². The third-order valence-electron chi connectivity index (χ3n) is 2.73. The van der Waals surface area contributed by atoms with Gasteiger partial charge in [0, 0.05) is 34.4 Å². The van der Waals surface area contributed by atoms with Gasteiger partial charge in [-0.25, -0.2) is 0 Å². The fourth-order valence-corrected chi connectivity index (χ4v) is 2.21. The summed E-state index contributed by atoms with van der Waals surface area (Å²) >= 11 is 3.39. The SMILES string of the molecule is O=C(O)CCC(=O)Cc1c[nH]c2ccc(Br)cc12. The molecule has 1 heterocycles. The molecule has 0 spiro atoms. The van der Waals surface area contributed by atoms with Crippen LogP contribution in [0.3, 0.4) is 0 Å². The standard InChI is InChI=1S/C13H12BrNO3/c14-9-1-3-12-11(6-9)8(7-15-12)5-10(16)2-4-13(17)18/h1,3,6-7,15H,2,4-5H2,(H,17,18). The second-order valence-corrected chi connectivity index (χ2v) is 5.03. The number of aliphatic carboxylic acids is 1. The molecule has 18 heavy (non-hydrogen) atoms. The minimum absolute atomic E-state index is 0.0572. The first kappa shape index (κ1) is 12.8. The highest BCUT2D eigenvalue weighted by molar-refractivity contribution is 9.10. The van der Waals surface area contributed by atoms with E-state index in [1.165, 1.54) is 0 Å². The summed E-state index contributed by atoms with van der Waals surface area (Å²) in [7, 11) is 0. The van der Waals surface area contributed by atoms with Gasteiger partial charge in [0.2, 0.25) is 0 Å². The Kier molecular flexibility index (Phi) is 3.81. The molecule has 2 rings (SSSR count). The summed E-state index contributed by atoms with van der Waals surface area (Å²) in [6, 6.07) is 5.81. The number of benzene rings is 1. The van der Waals surface area contributed by atoms with Crippen molar-refractivity contribution < 1.29 is 14.7 Å². The lowest BCUT2D eigenvalue weighted by atomic mass is 10.1. The number of hydrogen-bond acceptors (Lipinski definition) is 2. The van der Waals surface area contributed by atoms with E-state index in [1.54, 1.807) is 6.20 Å². The van der Waals surface area contributed by atoms with Crippen LogP contribution in [0.25, 0.3) is 10.9 Å². The lowest BCUT2D eigenvalue weighted by Gasteiger charge is -1.99. The van der Waals surface area contributed by atoms with Crippen LogP contribution in [0.1, 0.15) is 18.4 Å². The van der Waals surface area contributed by atoms with Crippen molar-refractivity contribution in [2.45, 2.75) is 19.3 Å². The molecule has 0 aliphatic rings. The summed E-state index contributed by atoms with van der Waals surface area (Å²) in [5.41, 5.74) is 1.88. The fourth-order valence-electron chi connectivity index (χ4n) is 1.84. The van der Waals surface area contributed by atoms with Crippen molar-refractivity contribution in [3.63, 3.8) is 0 Å². The molecule has 0 saturated carbocycles. The fraction of sp³-hybridized carbons (Fsp3) is 0.231. The van der Waals surface area contributed by atoms with E-state index in [0.29, 0.717) is 0 Å². The van der Waals surface area contributed by atoms with Gasteiger partial charge in [0.1, 0.15) is 5.78 Å². The quantitative estimate of drug-likeness (QED) is 0.892. The molecule has 0 amide bonds. The first-order valence-corrected chi connectivity index (χ1v) is 6.34. The van der Waals surface area contributed by atoms with Crippen molar-refractivity contribution in [2.24, 2.45) is 0 Å². The lowest BCUT2D eigenvalue weighted by Crippen LogP contribution is -2.05. The van der Waals surface area contributed by atoms with E-state index >= 15 is 0 Å². The van der Waals surface area contributed by atoms with Crippen LogP contribution in [0.5, 0.6) is 0 Å². The van der Waals surface area contributed by atoms with E-state index in [9.17, 15) is 9.59 Å². The molecule has 0 atom stereocenters. The number of carbonyl (C=O) groups excluding carboxylic acids is 1. The first-order chi connectivity index (χ1) is 8.56. The Hall–Kier alpha value is -1.62. The number of hydrogen-bond donors (Lipinski definition) is 2. The number of nitrogens with one attached hydrogen (secondary N) is 1. The molecule has 0 unspecified atom stereocenters. The zero-order chi connectivity index (χ0) is 13.1. The van der Waals surface area contributed by atoms with Gasteiger partial charge >= 0.3 is 5.97 Å². The normalized spacial score (nSPS) is 10.7. The van der Waals surface area contributed by atoms with Gasteiger partial charge in [0.15, 0.2) is 0 Å². The Morgan fingerprint density at radius 1 is 1.28 bits per heavy atom. The number of carbonyl (C=O) groups is 2. The van der Waals surface area contributed by atoms with Gasteiger partial charge in [0.25, 0.3) is 0 Å². The summed E-state index contributed by atoms with van der Waals surface area (Å²) in [4.78, 5) is 25.1. The number of H-pyrrole nitrogens is 1. The Morgan fingerprint density at radius 2 is 2.06 bits per heavy atom. The molecule has 0 saturated heterocycles. The summed E-state index contributed by atoms with van der Waals surface area (Å²) in [5, 5.41) is 9.53. The number of aromatic nitrogens is 1. The van der Waals surface area contributed by atoms with Crippen LogP contribution >= 0.6 is 15.9 Å². The van der Waals surface area contributed by atoms with Crippen LogP contribution in [0, 0.1) is 0 Å². The average Bonchev–Trinajstić information content (AvgIpc) is 2.69. The summed E-state index contributed by atoms with van der Waals surface area (Å²) in [5.74, 6) is -0.997. The minimum atomic E-state index is -0.940. The molecule has 4 nitrogen and oxygen atoms in total. The molecule has 2 N–H and O–H groups in total. The van der Waals surface area contributed by atoms with Gasteiger partial charge in [-0.3, -0.25) is 9.59 Å². The van der Waals surface area contributed by atoms with E-state index in [4.69, 9.17) is 5.11 Å². The van der Waals surface area contributed by atoms with Crippen LogP contribution in [0.15, 0.2) is 28.9 Å². The van der Waals surface area contributed by atoms with Gasteiger partial charge in [0.05, 0.1) is 6.42 Å². The van der Waals surface area contributed by atoms with Crippen molar-refractivity contribution in [1.29, 1.82) is 0 Å². The summed E-state index contributed by atoms with van der Waals surface area (Å²) < 4.78 is 0.953. The molecule has 2 aromatic rings. The van der Waals surface area contributed by atoms with Gasteiger partial charge < -0.3 is 10.1 Å². The molecule has 0 bridgehead atoms. The largest absolute Gasteiger partial charge is 0.481 e. The smallest absolute Gasteiger partial charge is 0.303 e. The predicted molar refractivity (Wildman–Crippen MR) is 71.6 cm³/mol. The van der Waals surface area contributed by atoms with Crippen LogP contribution in [-0.4, -0.2) is 21.8 Å². The number of carboxylic acid groups (broad SMARTS) is 1. The van der Waals surface area contributed by atoms with Crippen molar-refractivity contribution >= 4 is 38.6 Å². The third-order valence-corrected chi connectivity index (χ3v) is 3.23. The Balaban J connectivity index is 2.14. The number of fused-ring (bicyclic) bond motifs is 1. The molecular formula is C13H12BrNO3. The van der Waals surface area contributed by atoms with Crippen molar-refractivity contribution in [3.8, 4) is 0 Å². The van der Waals surface area contributed by atoms with Gasteiger partial charge in [-0.2, -0.15) is 0 Å². The lowest BCUT2D eigenvalue weighted by molar-refractivity contribution is -0.138. The molecule has 0 radical (unpaired) electrons. The molecular weight excluding hydrogens is 298 g/mol. The van der Waals surface area contributed by atoms with Crippen LogP contribution in [0.4, 0.5) is 0 Å². The van der Waals surface area contributed by atoms with Crippen LogP contribution < -0.4 is 0 Å². The van der Waals surface area contributed by atoms with Gasteiger partial charge in [-0.15, -0.1) is 0 Å². The Bertz CT molecular complexity index is 603. The van der Waals surface area contributed by atoms with Crippen LogP contribution in [0.2, 0.25) is 0 Å². The second-order valence-electron chi connectivity index (χ2n) is 4.11. The highest BCUT2D eigenvalue weighted by Gasteiger charge is 2.10. The number of carboxylic acids is 1. The van der Waals surface area contributed by atoms with Gasteiger partial charge in [-0.05, 0) is 23.8 Å². The Labute approximate surface area is 112 Å². The highest BCUT2D eigenvalue weighted by atomic mass is 79.9. The molecule has 1 aromatic carbocycles. The Morgan fingerprint density at radius 3 is 2.78 bits per heavy atom. The molecule has 0 aliphatic heterocycles. The topological polar surface area (TPSA) is 70.2 Å². The molecule has 5 heteroatoms. The minimum Gasteiger partial charge on any atom is -0.481 e. The first-order valence-electron chi connectivity index (χ1n) is 5.55. The van der Waals surface area contributed by atoms with E-state index < -0.39 is 5.97 Å². The third kappa shape index (κ3) is 2.98. The van der Waals surface area contributed by atoms with Crippen molar-refractivity contribution in [3.05, 3.63) is 34.4 Å². The molecule has 94 valence electrons.